The predicted molar refractivity (Wildman–Crippen MR) is 109 cm³/mol. The summed E-state index contributed by atoms with van der Waals surface area (Å²) in [5.41, 5.74) is 1.20. The first kappa shape index (κ1) is 20.1. The Morgan fingerprint density at radius 2 is 1.86 bits per heavy atom. The zero-order valence-corrected chi connectivity index (χ0v) is 16.2. The van der Waals surface area contributed by atoms with Crippen molar-refractivity contribution in [2.75, 3.05) is 0 Å². The van der Waals surface area contributed by atoms with E-state index < -0.39 is 15.8 Å². The van der Waals surface area contributed by atoms with Crippen molar-refractivity contribution in [2.45, 2.75) is 19.9 Å². The third-order valence-electron chi connectivity index (χ3n) is 4.03. The molecule has 3 rings (SSSR count). The number of aryl methyl sites for hydroxylation is 1. The average molecular weight is 412 g/mol. The highest BCUT2D eigenvalue weighted by Gasteiger charge is 2.12. The van der Waals surface area contributed by atoms with Crippen LogP contribution in [0.2, 0.25) is 0 Å². The molecule has 148 valence electrons. The standard InChI is InChI=1S/C19H16N4O5S/c1-2-10-21-16-8-7-15(23(27)28)12-17(16)29-19(21)20-18(24)9-6-13-4-3-5-14(11-13)22(25)26/h3-9,11-12H,2,10H2,1H3/b9-6+,20-19?. The first-order valence-corrected chi connectivity index (χ1v) is 9.49. The Morgan fingerprint density at radius 1 is 1.14 bits per heavy atom. The Bertz CT molecular complexity index is 1210. The lowest BCUT2D eigenvalue weighted by Gasteiger charge is -2.01. The summed E-state index contributed by atoms with van der Waals surface area (Å²) in [5, 5.41) is 21.8. The van der Waals surface area contributed by atoms with Crippen LogP contribution in [-0.2, 0) is 11.3 Å². The number of carbonyl (C=O) groups is 1. The zero-order valence-electron chi connectivity index (χ0n) is 15.3. The Hall–Kier alpha value is -3.66. The number of nitro benzene ring substituents is 2. The van der Waals surface area contributed by atoms with E-state index >= 15 is 0 Å². The maximum Gasteiger partial charge on any atom is 0.272 e. The van der Waals surface area contributed by atoms with Gasteiger partial charge in [-0.05, 0) is 24.1 Å². The first-order chi connectivity index (χ1) is 13.9. The van der Waals surface area contributed by atoms with Crippen molar-refractivity contribution in [3.63, 3.8) is 0 Å². The molecule has 0 radical (unpaired) electrons. The minimum Gasteiger partial charge on any atom is -0.316 e. The third kappa shape index (κ3) is 4.61. The van der Waals surface area contributed by atoms with Crippen molar-refractivity contribution in [2.24, 2.45) is 4.99 Å². The molecular formula is C19H16N4O5S. The van der Waals surface area contributed by atoms with Gasteiger partial charge in [0.15, 0.2) is 4.80 Å². The maximum absolute atomic E-state index is 12.3. The summed E-state index contributed by atoms with van der Waals surface area (Å²) in [4.78, 5) is 37.7. The van der Waals surface area contributed by atoms with Gasteiger partial charge in [-0.2, -0.15) is 4.99 Å². The fourth-order valence-electron chi connectivity index (χ4n) is 2.74. The number of hydrogen-bond donors (Lipinski definition) is 0. The van der Waals surface area contributed by atoms with Gasteiger partial charge < -0.3 is 4.57 Å². The molecule has 0 atom stereocenters. The van der Waals surface area contributed by atoms with Crippen molar-refractivity contribution in [1.82, 2.24) is 4.57 Å². The SMILES string of the molecule is CCCn1c(=NC(=O)/C=C/c2cccc([N+](=O)[O-])c2)sc2cc([N+](=O)[O-])ccc21. The van der Waals surface area contributed by atoms with E-state index in [0.29, 0.717) is 21.6 Å². The zero-order chi connectivity index (χ0) is 21.0. The molecule has 0 bridgehead atoms. The van der Waals surface area contributed by atoms with Gasteiger partial charge in [0.25, 0.3) is 17.3 Å². The van der Waals surface area contributed by atoms with E-state index in [1.807, 2.05) is 11.5 Å². The molecule has 0 aliphatic rings. The molecule has 10 heteroatoms. The van der Waals surface area contributed by atoms with Crippen molar-refractivity contribution < 1.29 is 14.6 Å². The highest BCUT2D eigenvalue weighted by Crippen LogP contribution is 2.23. The van der Waals surface area contributed by atoms with Crippen LogP contribution in [0.3, 0.4) is 0 Å². The molecule has 29 heavy (non-hydrogen) atoms. The summed E-state index contributed by atoms with van der Waals surface area (Å²) >= 11 is 1.20. The largest absolute Gasteiger partial charge is 0.316 e. The molecule has 1 amide bonds. The van der Waals surface area contributed by atoms with Crippen molar-refractivity contribution in [3.05, 3.63) is 79.1 Å². The van der Waals surface area contributed by atoms with E-state index in [4.69, 9.17) is 0 Å². The van der Waals surface area contributed by atoms with Gasteiger partial charge in [0.1, 0.15) is 0 Å². The summed E-state index contributed by atoms with van der Waals surface area (Å²) in [6.07, 6.45) is 3.50. The van der Waals surface area contributed by atoms with Crippen LogP contribution < -0.4 is 4.80 Å². The van der Waals surface area contributed by atoms with Crippen LogP contribution in [-0.4, -0.2) is 20.3 Å². The fourth-order valence-corrected chi connectivity index (χ4v) is 3.84. The molecule has 1 heterocycles. The summed E-state index contributed by atoms with van der Waals surface area (Å²) in [6.45, 7) is 2.59. The summed E-state index contributed by atoms with van der Waals surface area (Å²) < 4.78 is 2.52. The fraction of sp³-hybridized carbons (Fsp3) is 0.158. The highest BCUT2D eigenvalue weighted by molar-refractivity contribution is 7.16. The lowest BCUT2D eigenvalue weighted by Crippen LogP contribution is -2.16. The molecule has 0 unspecified atom stereocenters. The molecule has 9 nitrogen and oxygen atoms in total. The van der Waals surface area contributed by atoms with Gasteiger partial charge in [0.05, 0.1) is 20.1 Å². The number of hydrogen-bond acceptors (Lipinski definition) is 6. The Balaban J connectivity index is 1.96. The minimum absolute atomic E-state index is 0.0224. The summed E-state index contributed by atoms with van der Waals surface area (Å²) in [5.74, 6) is -0.526. The van der Waals surface area contributed by atoms with Gasteiger partial charge in [0, 0.05) is 36.9 Å². The molecule has 0 N–H and O–H groups in total. The molecule has 0 spiro atoms. The normalized spacial score (nSPS) is 12.0. The molecule has 2 aromatic carbocycles. The van der Waals surface area contributed by atoms with Crippen molar-refractivity contribution in [3.8, 4) is 0 Å². The number of thiazole rings is 1. The van der Waals surface area contributed by atoms with Crippen LogP contribution in [0.15, 0.2) is 53.5 Å². The van der Waals surface area contributed by atoms with E-state index in [2.05, 4.69) is 4.99 Å². The Kier molecular flexibility index (Phi) is 5.93. The second kappa shape index (κ2) is 8.57. The summed E-state index contributed by atoms with van der Waals surface area (Å²) in [6, 6.07) is 10.5. The molecule has 3 aromatic rings. The number of nitro groups is 2. The Labute approximate surface area is 168 Å². The monoisotopic (exact) mass is 412 g/mol. The predicted octanol–water partition coefficient (Wildman–Crippen LogP) is 4.07. The van der Waals surface area contributed by atoms with E-state index in [9.17, 15) is 25.0 Å². The number of fused-ring (bicyclic) bond motifs is 1. The third-order valence-corrected chi connectivity index (χ3v) is 5.07. The van der Waals surface area contributed by atoms with Gasteiger partial charge in [-0.25, -0.2) is 0 Å². The van der Waals surface area contributed by atoms with Crippen LogP contribution in [0, 0.1) is 20.2 Å². The molecule has 0 aliphatic heterocycles. The minimum atomic E-state index is -0.526. The van der Waals surface area contributed by atoms with Crippen LogP contribution in [0.25, 0.3) is 16.3 Å². The number of carbonyl (C=O) groups excluding carboxylic acids is 1. The van der Waals surface area contributed by atoms with Crippen molar-refractivity contribution >= 4 is 44.9 Å². The van der Waals surface area contributed by atoms with Gasteiger partial charge >= 0.3 is 0 Å². The van der Waals surface area contributed by atoms with Gasteiger partial charge in [-0.3, -0.25) is 25.0 Å². The van der Waals surface area contributed by atoms with E-state index in [-0.39, 0.29) is 11.4 Å². The molecule has 0 saturated heterocycles. The van der Waals surface area contributed by atoms with Gasteiger partial charge in [-0.15, -0.1) is 0 Å². The number of rotatable bonds is 6. The lowest BCUT2D eigenvalue weighted by molar-refractivity contribution is -0.385. The van der Waals surface area contributed by atoms with Crippen LogP contribution in [0.1, 0.15) is 18.9 Å². The molecule has 0 saturated carbocycles. The number of aromatic nitrogens is 1. The number of nitrogens with zero attached hydrogens (tertiary/aromatic N) is 4. The average Bonchev–Trinajstić information content (AvgIpc) is 3.03. The van der Waals surface area contributed by atoms with Crippen LogP contribution >= 0.6 is 11.3 Å². The van der Waals surface area contributed by atoms with Gasteiger partial charge in [0.2, 0.25) is 0 Å². The number of amides is 1. The second-order valence-corrected chi connectivity index (χ2v) is 7.09. The second-order valence-electron chi connectivity index (χ2n) is 6.08. The number of non-ortho nitro benzene ring substituents is 2. The molecular weight excluding hydrogens is 396 g/mol. The van der Waals surface area contributed by atoms with Crippen LogP contribution in [0.4, 0.5) is 11.4 Å². The maximum atomic E-state index is 12.3. The van der Waals surface area contributed by atoms with E-state index in [1.54, 1.807) is 12.1 Å². The van der Waals surface area contributed by atoms with Gasteiger partial charge in [-0.1, -0.05) is 30.4 Å². The van der Waals surface area contributed by atoms with E-state index in [0.717, 1.165) is 11.9 Å². The van der Waals surface area contributed by atoms with Crippen molar-refractivity contribution in [1.29, 1.82) is 0 Å². The van der Waals surface area contributed by atoms with Crippen LogP contribution in [0.5, 0.6) is 0 Å². The first-order valence-electron chi connectivity index (χ1n) is 8.68. The quantitative estimate of drug-likeness (QED) is 0.343. The lowest BCUT2D eigenvalue weighted by atomic mass is 10.2. The Morgan fingerprint density at radius 3 is 2.55 bits per heavy atom. The number of benzene rings is 2. The molecule has 0 aliphatic carbocycles. The molecule has 0 fully saturated rings. The highest BCUT2D eigenvalue weighted by atomic mass is 32.1. The smallest absolute Gasteiger partial charge is 0.272 e. The molecule has 1 aromatic heterocycles. The topological polar surface area (TPSA) is 121 Å². The summed E-state index contributed by atoms with van der Waals surface area (Å²) in [7, 11) is 0. The van der Waals surface area contributed by atoms with E-state index in [1.165, 1.54) is 53.8 Å².